The van der Waals surface area contributed by atoms with E-state index >= 15 is 0 Å². The minimum atomic E-state index is -1.10. The summed E-state index contributed by atoms with van der Waals surface area (Å²) in [7, 11) is 0. The first kappa shape index (κ1) is 24.2. The Morgan fingerprint density at radius 3 is 2.51 bits per heavy atom. The van der Waals surface area contributed by atoms with E-state index in [0.29, 0.717) is 28.0 Å². The first-order chi connectivity index (χ1) is 16.9. The normalized spacial score (nSPS) is 11.6. The Labute approximate surface area is 208 Å². The molecule has 0 spiro atoms. The molecule has 0 bridgehead atoms. The smallest absolute Gasteiger partial charge is 0.307 e. The molecule has 4 rings (SSSR count). The number of aromatic nitrogens is 2. The van der Waals surface area contributed by atoms with E-state index in [2.05, 4.69) is 15.5 Å². The van der Waals surface area contributed by atoms with E-state index in [1.54, 1.807) is 48.5 Å². The van der Waals surface area contributed by atoms with Gasteiger partial charge in [-0.05, 0) is 55.3 Å². The zero-order valence-corrected chi connectivity index (χ0v) is 20.1. The highest BCUT2D eigenvalue weighted by atomic mass is 35.5. The molecule has 1 atom stereocenters. The van der Waals surface area contributed by atoms with Crippen molar-refractivity contribution in [2.45, 2.75) is 32.8 Å². The fourth-order valence-corrected chi connectivity index (χ4v) is 3.57. The molecule has 0 radical (unpaired) electrons. The van der Waals surface area contributed by atoms with Gasteiger partial charge in [-0.3, -0.25) is 9.59 Å². The lowest BCUT2D eigenvalue weighted by atomic mass is 10.1. The van der Waals surface area contributed by atoms with Crippen LogP contribution in [0.1, 0.15) is 35.1 Å². The van der Waals surface area contributed by atoms with Crippen LogP contribution in [-0.4, -0.2) is 22.0 Å². The summed E-state index contributed by atoms with van der Waals surface area (Å²) >= 11 is 5.91. The van der Waals surface area contributed by atoms with Crippen LogP contribution in [0, 0.1) is 13.8 Å². The molecular formula is C27H24ClN3O4. The zero-order chi connectivity index (χ0) is 24.8. The van der Waals surface area contributed by atoms with Crippen molar-refractivity contribution < 1.29 is 18.8 Å². The topological polar surface area (TPSA) is 94.3 Å². The fourth-order valence-electron chi connectivity index (χ4n) is 3.44. The van der Waals surface area contributed by atoms with E-state index in [0.717, 1.165) is 16.7 Å². The van der Waals surface area contributed by atoms with E-state index in [-0.39, 0.29) is 12.8 Å². The first-order valence-electron chi connectivity index (χ1n) is 11.1. The first-order valence-corrected chi connectivity index (χ1v) is 11.5. The minimum Gasteiger partial charge on any atom is -0.447 e. The Morgan fingerprint density at radius 2 is 1.77 bits per heavy atom. The largest absolute Gasteiger partial charge is 0.447 e. The van der Waals surface area contributed by atoms with Crippen molar-refractivity contribution in [3.63, 3.8) is 0 Å². The Kier molecular flexibility index (Phi) is 7.57. The van der Waals surface area contributed by atoms with Gasteiger partial charge < -0.3 is 14.6 Å². The van der Waals surface area contributed by atoms with Crippen molar-refractivity contribution in [1.82, 2.24) is 10.1 Å². The molecule has 35 heavy (non-hydrogen) atoms. The lowest BCUT2D eigenvalue weighted by Gasteiger charge is -2.19. The number of nitrogens with zero attached hydrogens (tertiary/aromatic N) is 2. The molecule has 8 heteroatoms. The van der Waals surface area contributed by atoms with Gasteiger partial charge in [0, 0.05) is 28.3 Å². The van der Waals surface area contributed by atoms with Crippen molar-refractivity contribution in [2.75, 3.05) is 5.32 Å². The maximum absolute atomic E-state index is 13.1. The highest BCUT2D eigenvalue weighted by molar-refractivity contribution is 6.30. The quantitative estimate of drug-likeness (QED) is 0.311. The summed E-state index contributed by atoms with van der Waals surface area (Å²) in [5.74, 6) is -0.287. The molecular weight excluding hydrogens is 466 g/mol. The van der Waals surface area contributed by atoms with Crippen molar-refractivity contribution >= 4 is 29.2 Å². The summed E-state index contributed by atoms with van der Waals surface area (Å²) in [5, 5.41) is 7.44. The zero-order valence-electron chi connectivity index (χ0n) is 19.3. The van der Waals surface area contributed by atoms with Crippen LogP contribution in [0.4, 0.5) is 5.69 Å². The number of ether oxygens (including phenoxy) is 1. The van der Waals surface area contributed by atoms with Gasteiger partial charge in [-0.15, -0.1) is 0 Å². The van der Waals surface area contributed by atoms with E-state index in [4.69, 9.17) is 20.9 Å². The number of hydrogen-bond acceptors (Lipinski definition) is 6. The minimum absolute atomic E-state index is 0.0255. The number of amides is 1. The van der Waals surface area contributed by atoms with Gasteiger partial charge >= 0.3 is 5.97 Å². The Morgan fingerprint density at radius 1 is 1.03 bits per heavy atom. The molecule has 0 fully saturated rings. The van der Waals surface area contributed by atoms with E-state index < -0.39 is 18.0 Å². The molecule has 0 saturated heterocycles. The summed E-state index contributed by atoms with van der Waals surface area (Å²) in [6, 6.07) is 21.7. The molecule has 0 aliphatic carbocycles. The number of carbonyl (C=O) groups is 2. The van der Waals surface area contributed by atoms with Gasteiger partial charge in [-0.1, -0.05) is 59.2 Å². The second-order valence-electron chi connectivity index (χ2n) is 8.11. The van der Waals surface area contributed by atoms with Crippen molar-refractivity contribution in [1.29, 1.82) is 0 Å². The maximum atomic E-state index is 13.1. The average molecular weight is 490 g/mol. The molecule has 1 N–H and O–H groups in total. The summed E-state index contributed by atoms with van der Waals surface area (Å²) in [5.41, 5.74) is 3.92. The standard InChI is InChI=1S/C27H24ClN3O4/c1-17-8-9-18(2)22(16-17)29-27(33)25(19-6-4-3-5-7-19)34-24(32)15-14-23-30-26(31-35-23)20-10-12-21(28)13-11-20/h3-13,16,25H,14-15H2,1-2H3,(H,29,33). The third-order valence-corrected chi connectivity index (χ3v) is 5.61. The highest BCUT2D eigenvalue weighted by Crippen LogP contribution is 2.24. The van der Waals surface area contributed by atoms with Crippen LogP contribution < -0.4 is 5.32 Å². The predicted octanol–water partition coefficient (Wildman–Crippen LogP) is 5.86. The maximum Gasteiger partial charge on any atom is 0.307 e. The Bertz CT molecular complexity index is 1320. The summed E-state index contributed by atoms with van der Waals surface area (Å²) in [4.78, 5) is 30.1. The number of esters is 1. The molecule has 7 nitrogen and oxygen atoms in total. The van der Waals surface area contributed by atoms with Gasteiger partial charge in [0.05, 0.1) is 6.42 Å². The molecule has 1 amide bonds. The van der Waals surface area contributed by atoms with Gasteiger partial charge in [0.15, 0.2) is 0 Å². The number of anilines is 1. The lowest BCUT2D eigenvalue weighted by Crippen LogP contribution is -2.26. The molecule has 0 saturated carbocycles. The Hall–Kier alpha value is -3.97. The van der Waals surface area contributed by atoms with Crippen molar-refractivity contribution in [3.8, 4) is 11.4 Å². The number of aryl methyl sites for hydroxylation is 3. The number of rotatable bonds is 8. The fraction of sp³-hybridized carbons (Fsp3) is 0.185. The monoisotopic (exact) mass is 489 g/mol. The van der Waals surface area contributed by atoms with Crippen LogP contribution in [0.5, 0.6) is 0 Å². The molecule has 3 aromatic carbocycles. The summed E-state index contributed by atoms with van der Waals surface area (Å²) < 4.78 is 10.9. The van der Waals surface area contributed by atoms with Crippen LogP contribution in [0.3, 0.4) is 0 Å². The number of nitrogens with one attached hydrogen (secondary N) is 1. The molecule has 178 valence electrons. The van der Waals surface area contributed by atoms with Crippen LogP contribution in [-0.2, 0) is 20.7 Å². The van der Waals surface area contributed by atoms with E-state index in [1.165, 1.54) is 0 Å². The number of halogens is 1. The van der Waals surface area contributed by atoms with Gasteiger partial charge in [0.1, 0.15) is 0 Å². The summed E-state index contributed by atoms with van der Waals surface area (Å²) in [6.45, 7) is 3.85. The molecule has 0 aliphatic heterocycles. The molecule has 1 aromatic heterocycles. The van der Waals surface area contributed by atoms with Crippen LogP contribution in [0.25, 0.3) is 11.4 Å². The second-order valence-corrected chi connectivity index (χ2v) is 8.54. The molecule has 1 unspecified atom stereocenters. The Balaban J connectivity index is 1.42. The van der Waals surface area contributed by atoms with Gasteiger partial charge in [0.25, 0.3) is 5.91 Å². The lowest BCUT2D eigenvalue weighted by molar-refractivity contribution is -0.154. The van der Waals surface area contributed by atoms with Gasteiger partial charge in [0.2, 0.25) is 17.8 Å². The van der Waals surface area contributed by atoms with Crippen LogP contribution in [0.15, 0.2) is 77.3 Å². The number of carbonyl (C=O) groups excluding carboxylic acids is 2. The second kappa shape index (κ2) is 11.0. The van der Waals surface area contributed by atoms with Crippen molar-refractivity contribution in [2.24, 2.45) is 0 Å². The molecule has 0 aliphatic rings. The molecule has 1 heterocycles. The SMILES string of the molecule is Cc1ccc(C)c(NC(=O)C(OC(=O)CCc2nc(-c3ccc(Cl)cc3)no2)c2ccccc2)c1. The number of hydrogen-bond donors (Lipinski definition) is 1. The van der Waals surface area contributed by atoms with Crippen LogP contribution >= 0.6 is 11.6 Å². The van der Waals surface area contributed by atoms with E-state index in [9.17, 15) is 9.59 Å². The average Bonchev–Trinajstić information content (AvgIpc) is 3.33. The van der Waals surface area contributed by atoms with Crippen LogP contribution in [0.2, 0.25) is 5.02 Å². The van der Waals surface area contributed by atoms with E-state index in [1.807, 2.05) is 38.1 Å². The highest BCUT2D eigenvalue weighted by Gasteiger charge is 2.26. The number of benzene rings is 3. The summed E-state index contributed by atoms with van der Waals surface area (Å²) in [6.07, 6.45) is -0.946. The predicted molar refractivity (Wildman–Crippen MR) is 133 cm³/mol. The third kappa shape index (κ3) is 6.33. The molecule has 4 aromatic rings. The van der Waals surface area contributed by atoms with Crippen molar-refractivity contribution in [3.05, 3.63) is 100 Å². The third-order valence-electron chi connectivity index (χ3n) is 5.35. The van der Waals surface area contributed by atoms with Gasteiger partial charge in [-0.2, -0.15) is 4.98 Å². The van der Waals surface area contributed by atoms with Gasteiger partial charge in [-0.25, -0.2) is 0 Å².